The highest BCUT2D eigenvalue weighted by Gasteiger charge is 2.31. The Hall–Kier alpha value is -4.43. The van der Waals surface area contributed by atoms with E-state index in [-0.39, 0.29) is 12.5 Å². The van der Waals surface area contributed by atoms with Gasteiger partial charge in [0.15, 0.2) is 5.65 Å². The molecule has 0 aliphatic carbocycles. The topological polar surface area (TPSA) is 128 Å². The molecule has 1 atom stereocenters. The summed E-state index contributed by atoms with van der Waals surface area (Å²) in [5.41, 5.74) is 5.49. The van der Waals surface area contributed by atoms with Crippen molar-refractivity contribution in [1.29, 1.82) is 5.26 Å². The van der Waals surface area contributed by atoms with Crippen LogP contribution in [-0.2, 0) is 4.79 Å². The molecule has 2 amide bonds. The summed E-state index contributed by atoms with van der Waals surface area (Å²) in [5, 5.41) is 18.0. The van der Waals surface area contributed by atoms with Gasteiger partial charge in [-0.1, -0.05) is 0 Å². The van der Waals surface area contributed by atoms with Gasteiger partial charge in [0, 0.05) is 38.3 Å². The first-order chi connectivity index (χ1) is 15.9. The number of rotatable bonds is 6. The first kappa shape index (κ1) is 21.8. The molecule has 1 unspecified atom stereocenters. The molecule has 11 heteroatoms. The van der Waals surface area contributed by atoms with E-state index in [0.717, 1.165) is 0 Å². The number of hydrogen-bond donors (Lipinski definition) is 2. The zero-order valence-electron chi connectivity index (χ0n) is 18.3. The van der Waals surface area contributed by atoms with Crippen LogP contribution in [0.3, 0.4) is 0 Å². The van der Waals surface area contributed by atoms with E-state index in [0.29, 0.717) is 33.8 Å². The number of amides is 2. The SMILES string of the molecule is COc1ccc(C#N)cc1C1NN(CC(=O)N(C)C)C=C1NC(=O)c1cnn2cccnc12. The van der Waals surface area contributed by atoms with Gasteiger partial charge in [-0.2, -0.15) is 10.4 Å². The van der Waals surface area contributed by atoms with Crippen molar-refractivity contribution < 1.29 is 14.3 Å². The first-order valence-corrected chi connectivity index (χ1v) is 10.0. The van der Waals surface area contributed by atoms with Crippen molar-refractivity contribution in [1.82, 2.24) is 35.2 Å². The number of likely N-dealkylation sites (N-methyl/N-ethyl adjacent to an activating group) is 1. The second-order valence-corrected chi connectivity index (χ2v) is 7.53. The summed E-state index contributed by atoms with van der Waals surface area (Å²) in [5.74, 6) is -0.00216. The summed E-state index contributed by atoms with van der Waals surface area (Å²) in [4.78, 5) is 31.1. The van der Waals surface area contributed by atoms with Gasteiger partial charge in [0.05, 0.1) is 36.7 Å². The monoisotopic (exact) mass is 446 g/mol. The predicted octanol–water partition coefficient (Wildman–Crippen LogP) is 0.830. The lowest BCUT2D eigenvalue weighted by Gasteiger charge is -2.23. The molecule has 0 spiro atoms. The molecule has 168 valence electrons. The number of benzene rings is 1. The minimum atomic E-state index is -0.568. The molecule has 11 nitrogen and oxygen atoms in total. The Bertz CT molecular complexity index is 1290. The third-order valence-electron chi connectivity index (χ3n) is 5.16. The van der Waals surface area contributed by atoms with Crippen molar-refractivity contribution in [3.63, 3.8) is 0 Å². The zero-order chi connectivity index (χ0) is 23.5. The van der Waals surface area contributed by atoms with E-state index in [1.54, 1.807) is 62.0 Å². The van der Waals surface area contributed by atoms with Crippen LogP contribution in [0.5, 0.6) is 5.75 Å². The fourth-order valence-electron chi connectivity index (χ4n) is 3.45. The Balaban J connectivity index is 1.69. The highest BCUT2D eigenvalue weighted by molar-refractivity contribution is 6.00. The van der Waals surface area contributed by atoms with E-state index < -0.39 is 11.9 Å². The molecular formula is C22H22N8O3. The van der Waals surface area contributed by atoms with E-state index in [4.69, 9.17) is 4.74 Å². The lowest BCUT2D eigenvalue weighted by atomic mass is 10.0. The number of nitriles is 1. The molecule has 1 aromatic carbocycles. The van der Waals surface area contributed by atoms with Crippen LogP contribution in [0, 0.1) is 11.3 Å². The molecule has 0 radical (unpaired) electrons. The quantitative estimate of drug-likeness (QED) is 0.570. The molecule has 0 bridgehead atoms. The molecule has 3 heterocycles. The van der Waals surface area contributed by atoms with E-state index >= 15 is 0 Å². The first-order valence-electron chi connectivity index (χ1n) is 10.0. The zero-order valence-corrected chi connectivity index (χ0v) is 18.3. The minimum absolute atomic E-state index is 0.0431. The maximum Gasteiger partial charge on any atom is 0.261 e. The number of aromatic nitrogens is 3. The second kappa shape index (κ2) is 8.97. The van der Waals surface area contributed by atoms with Crippen molar-refractivity contribution >= 4 is 17.5 Å². The van der Waals surface area contributed by atoms with E-state index in [1.807, 2.05) is 0 Å². The number of methoxy groups -OCH3 is 1. The van der Waals surface area contributed by atoms with Gasteiger partial charge in [0.2, 0.25) is 5.91 Å². The summed E-state index contributed by atoms with van der Waals surface area (Å²) >= 11 is 0. The Morgan fingerprint density at radius 1 is 1.36 bits per heavy atom. The van der Waals surface area contributed by atoms with Crippen LogP contribution in [0.2, 0.25) is 0 Å². The van der Waals surface area contributed by atoms with Gasteiger partial charge in [0.1, 0.15) is 17.9 Å². The molecule has 0 fully saturated rings. The normalized spacial score (nSPS) is 15.2. The molecule has 4 rings (SSSR count). The van der Waals surface area contributed by atoms with Gasteiger partial charge in [-0.15, -0.1) is 0 Å². The number of hydrogen-bond acceptors (Lipinski definition) is 8. The van der Waals surface area contributed by atoms with Gasteiger partial charge in [-0.25, -0.2) is 14.9 Å². The molecule has 3 aromatic rings. The number of nitrogens with zero attached hydrogens (tertiary/aromatic N) is 6. The highest BCUT2D eigenvalue weighted by atomic mass is 16.5. The van der Waals surface area contributed by atoms with E-state index in [9.17, 15) is 14.9 Å². The summed E-state index contributed by atoms with van der Waals surface area (Å²) in [6, 6.07) is 8.29. The Morgan fingerprint density at radius 2 is 2.18 bits per heavy atom. The second-order valence-electron chi connectivity index (χ2n) is 7.53. The maximum atomic E-state index is 13.1. The summed E-state index contributed by atoms with van der Waals surface area (Å²) in [6.07, 6.45) is 6.38. The van der Waals surface area contributed by atoms with Crippen LogP contribution in [-0.4, -0.2) is 64.1 Å². The molecule has 2 aromatic heterocycles. The number of ether oxygens (including phenoxy) is 1. The fourth-order valence-corrected chi connectivity index (χ4v) is 3.45. The molecule has 1 aliphatic heterocycles. The van der Waals surface area contributed by atoms with Crippen LogP contribution < -0.4 is 15.5 Å². The number of carbonyl (C=O) groups is 2. The molecule has 1 aliphatic rings. The van der Waals surface area contributed by atoms with Crippen molar-refractivity contribution in [3.8, 4) is 11.8 Å². The lowest BCUT2D eigenvalue weighted by Crippen LogP contribution is -2.40. The number of nitrogens with one attached hydrogen (secondary N) is 2. The lowest BCUT2D eigenvalue weighted by molar-refractivity contribution is -0.129. The Labute approximate surface area is 189 Å². The van der Waals surface area contributed by atoms with Gasteiger partial charge >= 0.3 is 0 Å². The van der Waals surface area contributed by atoms with Gasteiger partial charge in [0.25, 0.3) is 5.91 Å². The van der Waals surface area contributed by atoms with Crippen LogP contribution in [0.15, 0.2) is 54.8 Å². The molecule has 33 heavy (non-hydrogen) atoms. The molecule has 0 saturated heterocycles. The summed E-state index contributed by atoms with van der Waals surface area (Å²) < 4.78 is 7.00. The van der Waals surface area contributed by atoms with Gasteiger partial charge in [-0.05, 0) is 24.3 Å². The van der Waals surface area contributed by atoms with Crippen molar-refractivity contribution in [3.05, 3.63) is 71.4 Å². The predicted molar refractivity (Wildman–Crippen MR) is 118 cm³/mol. The average molecular weight is 446 g/mol. The van der Waals surface area contributed by atoms with E-state index in [2.05, 4.69) is 26.9 Å². The van der Waals surface area contributed by atoms with E-state index in [1.165, 1.54) is 22.7 Å². The summed E-state index contributed by atoms with van der Waals surface area (Å²) in [7, 11) is 4.86. The minimum Gasteiger partial charge on any atom is -0.496 e. The average Bonchev–Trinajstić information content (AvgIpc) is 3.42. The van der Waals surface area contributed by atoms with Gasteiger partial charge < -0.3 is 20.0 Å². The number of carbonyl (C=O) groups excluding carboxylic acids is 2. The molecular weight excluding hydrogens is 424 g/mol. The number of fused-ring (bicyclic) bond motifs is 1. The van der Waals surface area contributed by atoms with Crippen LogP contribution in [0.4, 0.5) is 0 Å². The van der Waals surface area contributed by atoms with Crippen LogP contribution in [0.25, 0.3) is 5.65 Å². The third-order valence-corrected chi connectivity index (χ3v) is 5.16. The van der Waals surface area contributed by atoms with Crippen molar-refractivity contribution in [2.24, 2.45) is 0 Å². The fraction of sp³-hybridized carbons (Fsp3) is 0.227. The number of hydrazine groups is 1. The highest BCUT2D eigenvalue weighted by Crippen LogP contribution is 2.33. The third kappa shape index (κ3) is 4.32. The van der Waals surface area contributed by atoms with Gasteiger partial charge in [-0.3, -0.25) is 9.59 Å². The summed E-state index contributed by atoms with van der Waals surface area (Å²) in [6.45, 7) is 0.0431. The maximum absolute atomic E-state index is 13.1. The Morgan fingerprint density at radius 3 is 2.91 bits per heavy atom. The van der Waals surface area contributed by atoms with Crippen molar-refractivity contribution in [2.75, 3.05) is 27.7 Å². The van der Waals surface area contributed by atoms with Crippen molar-refractivity contribution in [2.45, 2.75) is 6.04 Å². The van der Waals surface area contributed by atoms with Crippen LogP contribution >= 0.6 is 0 Å². The van der Waals surface area contributed by atoms with Crippen LogP contribution in [0.1, 0.15) is 27.5 Å². The molecule has 2 N–H and O–H groups in total. The standard InChI is InChI=1S/C22H22N8O3/c1-28(2)19(31)13-29-12-17(20(27-29)15-9-14(10-23)5-6-18(15)33-3)26-22(32)16-11-25-30-8-4-7-24-21(16)30/h4-9,11-12,20,27H,13H2,1-3H3,(H,26,32). The largest absolute Gasteiger partial charge is 0.496 e. The smallest absolute Gasteiger partial charge is 0.261 e. The Kier molecular flexibility index (Phi) is 5.93. The molecule has 0 saturated carbocycles.